The second kappa shape index (κ2) is 12.7. The fraction of sp³-hybridized carbons (Fsp3) is 0.281. The first-order chi connectivity index (χ1) is 15.6. The first kappa shape index (κ1) is 32.3. The minimum Gasteiger partial charge on any atom is -1.00 e. The summed E-state index contributed by atoms with van der Waals surface area (Å²) in [5.74, 6) is 0. The number of fused-ring (bicyclic) bond motifs is 2. The van der Waals surface area contributed by atoms with Gasteiger partial charge < -0.3 is 29.8 Å². The van der Waals surface area contributed by atoms with Crippen molar-refractivity contribution in [3.63, 3.8) is 0 Å². The molecule has 1 aliphatic rings. The van der Waals surface area contributed by atoms with Crippen molar-refractivity contribution >= 4 is 21.9 Å². The fourth-order valence-corrected chi connectivity index (χ4v) is 4.85. The largest absolute Gasteiger partial charge is 3.00 e. The van der Waals surface area contributed by atoms with Crippen LogP contribution in [0.15, 0.2) is 72.3 Å². The van der Waals surface area contributed by atoms with E-state index in [1.165, 1.54) is 66.7 Å². The molecule has 0 saturated heterocycles. The van der Waals surface area contributed by atoms with Gasteiger partial charge in [-0.1, -0.05) is 69.7 Å². The van der Waals surface area contributed by atoms with Crippen molar-refractivity contribution in [1.82, 2.24) is 4.98 Å². The van der Waals surface area contributed by atoms with E-state index in [0.29, 0.717) is 0 Å². The Labute approximate surface area is 248 Å². The minimum atomic E-state index is 0. The Balaban J connectivity index is 0.000000357. The van der Waals surface area contributed by atoms with Crippen molar-refractivity contribution in [2.75, 3.05) is 0 Å². The molecule has 1 nitrogen and oxygen atoms in total. The van der Waals surface area contributed by atoms with E-state index in [4.69, 9.17) is 0 Å². The molecule has 0 unspecified atom stereocenters. The topological polar surface area (TPSA) is 15.8 Å². The van der Waals surface area contributed by atoms with Crippen molar-refractivity contribution in [3.05, 3.63) is 100 Å². The number of benzene rings is 2. The van der Waals surface area contributed by atoms with E-state index < -0.39 is 0 Å². The fourth-order valence-electron chi connectivity index (χ4n) is 4.85. The van der Waals surface area contributed by atoms with Gasteiger partial charge in [0, 0.05) is 17.0 Å². The van der Waals surface area contributed by atoms with Crippen LogP contribution < -0.4 is 24.8 Å². The maximum atomic E-state index is 3.40. The number of nitrogens with one attached hydrogen (secondary N) is 1. The first-order valence-corrected chi connectivity index (χ1v) is 11.9. The van der Waals surface area contributed by atoms with E-state index in [9.17, 15) is 0 Å². The van der Waals surface area contributed by atoms with Crippen LogP contribution in [0.2, 0.25) is 0 Å². The predicted molar refractivity (Wildman–Crippen MR) is 146 cm³/mol. The minimum absolute atomic E-state index is 0. The molecule has 1 N–H and O–H groups in total. The second-order valence-corrected chi connectivity index (χ2v) is 10.4. The molecular formula is C32H36Cl2NZr. The van der Waals surface area contributed by atoms with Crippen LogP contribution in [-0.2, 0) is 31.6 Å². The van der Waals surface area contributed by atoms with E-state index in [-0.39, 0.29) is 56.4 Å². The van der Waals surface area contributed by atoms with Crippen molar-refractivity contribution in [2.24, 2.45) is 0 Å². The molecule has 4 heteroatoms. The molecule has 3 aromatic carbocycles. The molecule has 4 aromatic rings. The molecule has 1 radical (unpaired) electrons. The van der Waals surface area contributed by atoms with Crippen LogP contribution in [-0.4, -0.2) is 4.98 Å². The normalized spacial score (nSPS) is 13.4. The third kappa shape index (κ3) is 6.39. The van der Waals surface area contributed by atoms with Crippen LogP contribution in [0.1, 0.15) is 69.6 Å². The summed E-state index contributed by atoms with van der Waals surface area (Å²) >= 11 is 0. The van der Waals surface area contributed by atoms with E-state index in [1.807, 2.05) is 0 Å². The zero-order valence-corrected chi connectivity index (χ0v) is 26.6. The molecule has 0 spiro atoms. The molecule has 0 bridgehead atoms. The van der Waals surface area contributed by atoms with Gasteiger partial charge in [0.2, 0.25) is 0 Å². The van der Waals surface area contributed by atoms with Gasteiger partial charge >= 0.3 is 26.2 Å². The Bertz CT molecular complexity index is 1380. The molecule has 5 rings (SSSR count). The van der Waals surface area contributed by atoms with Crippen LogP contribution in [0.25, 0.3) is 33.0 Å². The number of hydrogen-bond acceptors (Lipinski definition) is 0. The molecule has 1 aliphatic carbocycles. The van der Waals surface area contributed by atoms with Crippen LogP contribution in [0.5, 0.6) is 0 Å². The van der Waals surface area contributed by atoms with Gasteiger partial charge in [-0.3, -0.25) is 0 Å². The Kier molecular flexibility index (Phi) is 11.4. The Morgan fingerprint density at radius 3 is 2.03 bits per heavy atom. The van der Waals surface area contributed by atoms with Gasteiger partial charge in [0.15, 0.2) is 0 Å². The van der Waals surface area contributed by atoms with E-state index in [1.54, 1.807) is 0 Å². The number of halogens is 2. The van der Waals surface area contributed by atoms with Crippen LogP contribution in [0.4, 0.5) is 0 Å². The summed E-state index contributed by atoms with van der Waals surface area (Å²) in [6.07, 6.45) is 2.19. The molecule has 187 valence electrons. The molecule has 0 amide bonds. The van der Waals surface area contributed by atoms with Crippen molar-refractivity contribution in [1.29, 1.82) is 0 Å². The Morgan fingerprint density at radius 1 is 0.806 bits per heavy atom. The van der Waals surface area contributed by atoms with Crippen molar-refractivity contribution < 1.29 is 51.0 Å². The van der Waals surface area contributed by atoms with Gasteiger partial charge in [-0.15, -0.1) is 34.5 Å². The summed E-state index contributed by atoms with van der Waals surface area (Å²) in [4.78, 5) is 3.40. The number of rotatable bonds is 1. The third-order valence-electron chi connectivity index (χ3n) is 6.83. The Hall–Kier alpha value is -1.73. The smallest absolute Gasteiger partial charge is 1.00 e. The quantitative estimate of drug-likeness (QED) is 0.325. The summed E-state index contributed by atoms with van der Waals surface area (Å²) in [6.45, 7) is 17.5. The average Bonchev–Trinajstić information content (AvgIpc) is 3.40. The number of aryl methyl sites for hydroxylation is 2. The second-order valence-electron chi connectivity index (χ2n) is 10.4. The molecule has 0 aliphatic heterocycles. The maximum Gasteiger partial charge on any atom is 3.00 e. The molecule has 1 heterocycles. The monoisotopic (exact) mass is 594 g/mol. The SMILES string of the molecule is CC=C1C(C)=C(C)c2[nH]c(C)cc21.Cc1cc2c(-c3ccc(C(C)(C)C)cc3)cccc2[cH-]1.[Cl-].[Cl-].[Zr+3]. The summed E-state index contributed by atoms with van der Waals surface area (Å²) < 4.78 is 0. The molecule has 1 aromatic heterocycles. The zero-order chi connectivity index (χ0) is 23.9. The van der Waals surface area contributed by atoms with Gasteiger partial charge in [-0.05, 0) is 67.0 Å². The molecule has 0 saturated carbocycles. The molecule has 0 atom stereocenters. The molecular weight excluding hydrogens is 560 g/mol. The summed E-state index contributed by atoms with van der Waals surface area (Å²) in [5.41, 5.74) is 13.7. The van der Waals surface area contributed by atoms with Crippen LogP contribution in [0.3, 0.4) is 0 Å². The third-order valence-corrected chi connectivity index (χ3v) is 6.83. The number of allylic oxidation sites excluding steroid dienone is 4. The Morgan fingerprint density at radius 2 is 1.44 bits per heavy atom. The van der Waals surface area contributed by atoms with Gasteiger partial charge in [0.05, 0.1) is 0 Å². The standard InChI is InChI=1S/C20H21.C12H15N.2ClH.Zr/c1-14-12-16-6-5-7-18(19(16)13-14)15-8-10-17(11-9-15)20(2,3)4;1-5-10-8(3)9(4)12-11(10)6-7(2)13-12;;;/h5-13H,1-4H3;5-6,13H,1-4H3;2*1H;/q-1;;;;+3/p-2. The average molecular weight is 597 g/mol. The first-order valence-electron chi connectivity index (χ1n) is 11.9. The summed E-state index contributed by atoms with van der Waals surface area (Å²) in [6, 6.07) is 22.3. The van der Waals surface area contributed by atoms with Crippen molar-refractivity contribution in [3.8, 4) is 11.1 Å². The maximum absolute atomic E-state index is 3.40. The summed E-state index contributed by atoms with van der Waals surface area (Å²) in [7, 11) is 0. The van der Waals surface area contributed by atoms with Crippen molar-refractivity contribution in [2.45, 2.75) is 60.8 Å². The van der Waals surface area contributed by atoms with Gasteiger partial charge in [0.25, 0.3) is 0 Å². The number of hydrogen-bond donors (Lipinski definition) is 1. The molecule has 0 fully saturated rings. The number of aromatic nitrogens is 1. The predicted octanol–water partition coefficient (Wildman–Crippen LogP) is 3.37. The van der Waals surface area contributed by atoms with Gasteiger partial charge in [-0.2, -0.15) is 6.07 Å². The van der Waals surface area contributed by atoms with Crippen LogP contribution in [0, 0.1) is 13.8 Å². The number of aromatic amines is 1. The van der Waals surface area contributed by atoms with E-state index in [0.717, 1.165) is 0 Å². The van der Waals surface area contributed by atoms with Gasteiger partial charge in [-0.25, -0.2) is 0 Å². The van der Waals surface area contributed by atoms with Crippen LogP contribution >= 0.6 is 0 Å². The zero-order valence-electron chi connectivity index (χ0n) is 22.6. The number of H-pyrrole nitrogens is 1. The van der Waals surface area contributed by atoms with Gasteiger partial charge in [0.1, 0.15) is 0 Å². The van der Waals surface area contributed by atoms with E-state index >= 15 is 0 Å². The van der Waals surface area contributed by atoms with E-state index in [2.05, 4.69) is 127 Å². The molecule has 36 heavy (non-hydrogen) atoms. The summed E-state index contributed by atoms with van der Waals surface area (Å²) in [5, 5.41) is 2.69.